The van der Waals surface area contributed by atoms with Crippen LogP contribution >= 0.6 is 0 Å². The Morgan fingerprint density at radius 1 is 1.52 bits per heavy atom. The van der Waals surface area contributed by atoms with Gasteiger partial charge in [-0.15, -0.1) is 0 Å². The molecule has 1 aliphatic heterocycles. The average Bonchev–Trinajstić information content (AvgIpc) is 2.75. The molecule has 0 saturated carbocycles. The third-order valence-electron chi connectivity index (χ3n) is 4.76. The number of amides is 1. The van der Waals surface area contributed by atoms with Gasteiger partial charge in [-0.05, 0) is 49.3 Å². The average molecular weight is 289 g/mol. The van der Waals surface area contributed by atoms with Crippen LogP contribution in [0.2, 0.25) is 0 Å². The zero-order chi connectivity index (χ0) is 15.0. The van der Waals surface area contributed by atoms with Crippen molar-refractivity contribution in [1.82, 2.24) is 0 Å². The molecular formula is C16H19NO4. The highest BCUT2D eigenvalue weighted by molar-refractivity contribution is 6.07. The van der Waals surface area contributed by atoms with Gasteiger partial charge in [0.1, 0.15) is 0 Å². The summed E-state index contributed by atoms with van der Waals surface area (Å²) in [6.45, 7) is 0. The molecule has 0 bridgehead atoms. The fraction of sp³-hybridized carbons (Fsp3) is 0.500. The molecule has 1 aromatic rings. The minimum atomic E-state index is -0.975. The van der Waals surface area contributed by atoms with Crippen LogP contribution in [0.4, 0.5) is 5.69 Å². The van der Waals surface area contributed by atoms with E-state index >= 15 is 0 Å². The van der Waals surface area contributed by atoms with Gasteiger partial charge in [0.05, 0.1) is 5.41 Å². The van der Waals surface area contributed by atoms with Crippen molar-refractivity contribution < 1.29 is 19.4 Å². The Kier molecular flexibility index (Phi) is 3.45. The van der Waals surface area contributed by atoms with Crippen molar-refractivity contribution in [3.05, 3.63) is 29.3 Å². The van der Waals surface area contributed by atoms with Crippen molar-refractivity contribution in [1.29, 1.82) is 0 Å². The number of hydrogen-bond donors (Lipinski definition) is 2. The summed E-state index contributed by atoms with van der Waals surface area (Å²) in [4.78, 5) is 23.7. The van der Waals surface area contributed by atoms with Crippen molar-refractivity contribution >= 4 is 17.6 Å². The minimum absolute atomic E-state index is 0.00453. The van der Waals surface area contributed by atoms with Crippen molar-refractivity contribution in [2.45, 2.75) is 43.6 Å². The zero-order valence-corrected chi connectivity index (χ0v) is 12.0. The van der Waals surface area contributed by atoms with Crippen LogP contribution in [0.15, 0.2) is 18.2 Å². The summed E-state index contributed by atoms with van der Waals surface area (Å²) < 4.78 is 5.00. The molecule has 1 heterocycles. The number of nitrogens with one attached hydrogen (secondary N) is 1. The normalized spacial score (nSPS) is 24.3. The van der Waals surface area contributed by atoms with E-state index in [4.69, 9.17) is 9.84 Å². The highest BCUT2D eigenvalue weighted by Crippen LogP contribution is 2.49. The second kappa shape index (κ2) is 5.15. The van der Waals surface area contributed by atoms with Gasteiger partial charge in [0, 0.05) is 12.8 Å². The summed E-state index contributed by atoms with van der Waals surface area (Å²) >= 11 is 0. The first-order valence-electron chi connectivity index (χ1n) is 7.28. The fourth-order valence-electron chi connectivity index (χ4n) is 3.74. The third kappa shape index (κ3) is 2.12. The van der Waals surface area contributed by atoms with E-state index in [0.717, 1.165) is 30.5 Å². The van der Waals surface area contributed by atoms with E-state index in [2.05, 4.69) is 11.4 Å². The van der Waals surface area contributed by atoms with Gasteiger partial charge in [0.2, 0.25) is 5.91 Å². The lowest BCUT2D eigenvalue weighted by atomic mass is 9.68. The quantitative estimate of drug-likeness (QED) is 0.870. The van der Waals surface area contributed by atoms with Gasteiger partial charge in [0.15, 0.2) is 6.10 Å². The molecule has 2 N–H and O–H groups in total. The number of carboxylic acid groups (broad SMARTS) is 1. The second-order valence-corrected chi connectivity index (χ2v) is 5.83. The molecule has 1 aliphatic carbocycles. The first-order valence-corrected chi connectivity index (χ1v) is 7.28. The molecule has 0 saturated heterocycles. The number of rotatable bonds is 5. The number of carbonyl (C=O) groups is 2. The number of carboxylic acids is 1. The van der Waals surface area contributed by atoms with Crippen LogP contribution in [-0.4, -0.2) is 30.2 Å². The highest BCUT2D eigenvalue weighted by Gasteiger charge is 2.49. The molecule has 1 aromatic carbocycles. The number of ether oxygens (including phenoxy) is 1. The molecule has 0 spiro atoms. The maximum absolute atomic E-state index is 12.5. The fourth-order valence-corrected chi connectivity index (χ4v) is 3.74. The Morgan fingerprint density at radius 2 is 2.33 bits per heavy atom. The van der Waals surface area contributed by atoms with E-state index in [1.165, 1.54) is 12.7 Å². The van der Waals surface area contributed by atoms with Crippen molar-refractivity contribution in [2.24, 2.45) is 0 Å². The van der Waals surface area contributed by atoms with E-state index < -0.39 is 17.5 Å². The molecule has 1 amide bonds. The summed E-state index contributed by atoms with van der Waals surface area (Å²) in [5.41, 5.74) is 2.61. The molecule has 5 heteroatoms. The van der Waals surface area contributed by atoms with E-state index in [1.807, 2.05) is 12.1 Å². The van der Waals surface area contributed by atoms with Crippen LogP contribution in [-0.2, 0) is 26.2 Å². The number of carbonyl (C=O) groups excluding carboxylic acids is 1. The Labute approximate surface area is 123 Å². The van der Waals surface area contributed by atoms with Crippen LogP contribution in [0.1, 0.15) is 36.8 Å². The number of aryl methyl sites for hydroxylation is 1. The SMILES string of the molecule is COC(CC[C@@]12CCCc3cccc(c31)NC2=O)C(=O)O. The van der Waals surface area contributed by atoms with Gasteiger partial charge < -0.3 is 15.2 Å². The van der Waals surface area contributed by atoms with Gasteiger partial charge in [-0.25, -0.2) is 4.79 Å². The lowest BCUT2D eigenvalue weighted by Gasteiger charge is -2.33. The molecule has 2 aliphatic rings. The first-order chi connectivity index (χ1) is 10.1. The second-order valence-electron chi connectivity index (χ2n) is 5.83. The monoisotopic (exact) mass is 289 g/mol. The Balaban J connectivity index is 1.93. The Bertz CT molecular complexity index is 598. The van der Waals surface area contributed by atoms with Gasteiger partial charge in [-0.3, -0.25) is 4.79 Å². The van der Waals surface area contributed by atoms with Crippen molar-refractivity contribution in [3.8, 4) is 0 Å². The van der Waals surface area contributed by atoms with Gasteiger partial charge in [-0.1, -0.05) is 12.1 Å². The van der Waals surface area contributed by atoms with Crippen LogP contribution < -0.4 is 5.32 Å². The summed E-state index contributed by atoms with van der Waals surface area (Å²) in [6, 6.07) is 5.96. The maximum Gasteiger partial charge on any atom is 0.332 e. The topological polar surface area (TPSA) is 75.6 Å². The lowest BCUT2D eigenvalue weighted by Crippen LogP contribution is -2.39. The number of hydrogen-bond acceptors (Lipinski definition) is 3. The molecule has 21 heavy (non-hydrogen) atoms. The van der Waals surface area contributed by atoms with E-state index in [0.29, 0.717) is 12.8 Å². The molecule has 0 radical (unpaired) electrons. The van der Waals surface area contributed by atoms with Gasteiger partial charge in [0.25, 0.3) is 0 Å². The number of methoxy groups -OCH3 is 1. The van der Waals surface area contributed by atoms with Crippen molar-refractivity contribution in [2.75, 3.05) is 12.4 Å². The smallest absolute Gasteiger partial charge is 0.332 e. The van der Waals surface area contributed by atoms with Crippen LogP contribution in [0.3, 0.4) is 0 Å². The molecule has 0 aromatic heterocycles. The molecular weight excluding hydrogens is 270 g/mol. The van der Waals surface area contributed by atoms with Gasteiger partial charge in [-0.2, -0.15) is 0 Å². The highest BCUT2D eigenvalue weighted by atomic mass is 16.5. The van der Waals surface area contributed by atoms with E-state index in [9.17, 15) is 9.59 Å². The predicted molar refractivity (Wildman–Crippen MR) is 77.4 cm³/mol. The standard InChI is InChI=1S/C16H19NO4/c1-21-12(14(18)19)7-9-16-8-3-5-10-4-2-6-11(13(10)16)17-15(16)20/h2,4,6,12H,3,5,7-9H2,1H3,(H,17,20)(H,18,19)/t12?,16-/m0/s1. The molecule has 5 nitrogen and oxygen atoms in total. The molecule has 0 fully saturated rings. The number of benzene rings is 1. The Morgan fingerprint density at radius 3 is 3.05 bits per heavy atom. The molecule has 2 atom stereocenters. The van der Waals surface area contributed by atoms with Gasteiger partial charge >= 0.3 is 5.97 Å². The summed E-state index contributed by atoms with van der Waals surface area (Å²) in [5.74, 6) is -0.971. The minimum Gasteiger partial charge on any atom is -0.479 e. The van der Waals surface area contributed by atoms with Crippen LogP contribution in [0.5, 0.6) is 0 Å². The maximum atomic E-state index is 12.5. The number of anilines is 1. The molecule has 3 rings (SSSR count). The summed E-state index contributed by atoms with van der Waals surface area (Å²) in [6.07, 6.45) is 2.70. The predicted octanol–water partition coefficient (Wildman–Crippen LogP) is 2.09. The zero-order valence-electron chi connectivity index (χ0n) is 12.0. The lowest BCUT2D eigenvalue weighted by molar-refractivity contribution is -0.149. The van der Waals surface area contributed by atoms with Crippen LogP contribution in [0.25, 0.3) is 0 Å². The largest absolute Gasteiger partial charge is 0.479 e. The summed E-state index contributed by atoms with van der Waals surface area (Å²) in [5, 5.41) is 12.1. The van der Waals surface area contributed by atoms with E-state index in [1.54, 1.807) is 0 Å². The molecule has 112 valence electrons. The summed E-state index contributed by atoms with van der Waals surface area (Å²) in [7, 11) is 1.39. The van der Waals surface area contributed by atoms with Crippen molar-refractivity contribution in [3.63, 3.8) is 0 Å². The number of aliphatic carboxylic acids is 1. The van der Waals surface area contributed by atoms with Crippen LogP contribution in [0, 0.1) is 0 Å². The Hall–Kier alpha value is -1.88. The first kappa shape index (κ1) is 14.1. The van der Waals surface area contributed by atoms with E-state index in [-0.39, 0.29) is 5.91 Å². The molecule has 1 unspecified atom stereocenters. The third-order valence-corrected chi connectivity index (χ3v) is 4.76.